The van der Waals surface area contributed by atoms with Crippen LogP contribution in [0.1, 0.15) is 54.1 Å². The van der Waals surface area contributed by atoms with Crippen molar-refractivity contribution in [3.05, 3.63) is 52.8 Å². The second-order valence-electron chi connectivity index (χ2n) is 6.82. The maximum absolute atomic E-state index is 13.4. The quantitative estimate of drug-likeness (QED) is 0.697. The Morgan fingerprint density at radius 1 is 1.19 bits per heavy atom. The minimum absolute atomic E-state index is 0.00666. The zero-order valence-corrected chi connectivity index (χ0v) is 15.9. The highest BCUT2D eigenvalue weighted by atomic mass is 16.5. The van der Waals surface area contributed by atoms with Crippen LogP contribution in [0.2, 0.25) is 0 Å². The van der Waals surface area contributed by atoms with Crippen LogP contribution in [0.25, 0.3) is 10.9 Å². The Labute approximate surface area is 153 Å². The van der Waals surface area contributed by atoms with Gasteiger partial charge in [0.2, 0.25) is 5.89 Å². The van der Waals surface area contributed by atoms with Gasteiger partial charge in [0, 0.05) is 23.5 Å². The van der Waals surface area contributed by atoms with Crippen LogP contribution in [0.15, 0.2) is 28.8 Å². The molecule has 3 aromatic rings. The van der Waals surface area contributed by atoms with E-state index < -0.39 is 0 Å². The van der Waals surface area contributed by atoms with Gasteiger partial charge in [-0.1, -0.05) is 23.7 Å². The summed E-state index contributed by atoms with van der Waals surface area (Å²) in [6, 6.07) is 7.82. The van der Waals surface area contributed by atoms with E-state index in [1.807, 2.05) is 58.9 Å². The molecule has 0 radical (unpaired) electrons. The Bertz CT molecular complexity index is 946. The standard InChI is InChI=1S/C20H24N4O2/c1-6-18-22-19(26-23-18)11-24(12(2)3)20(25)16-10-14(5)21-17-8-7-13(4)9-15(16)17/h7-10,12H,6,11H2,1-5H3. The third-order valence-corrected chi connectivity index (χ3v) is 4.34. The van der Waals surface area contributed by atoms with Crippen LogP contribution in [0, 0.1) is 13.8 Å². The van der Waals surface area contributed by atoms with Crippen LogP contribution in [0.4, 0.5) is 0 Å². The summed E-state index contributed by atoms with van der Waals surface area (Å²) < 4.78 is 5.29. The first-order valence-electron chi connectivity index (χ1n) is 8.89. The molecule has 0 bridgehead atoms. The molecule has 0 N–H and O–H groups in total. The van der Waals surface area contributed by atoms with Gasteiger partial charge >= 0.3 is 0 Å². The van der Waals surface area contributed by atoms with Crippen molar-refractivity contribution >= 4 is 16.8 Å². The molecule has 0 saturated carbocycles. The van der Waals surface area contributed by atoms with Crippen LogP contribution in [-0.4, -0.2) is 32.0 Å². The summed E-state index contributed by atoms with van der Waals surface area (Å²) in [6.07, 6.45) is 0.701. The number of hydrogen-bond donors (Lipinski definition) is 0. The molecule has 1 amide bonds. The van der Waals surface area contributed by atoms with Crippen LogP contribution in [0.5, 0.6) is 0 Å². The first-order chi connectivity index (χ1) is 12.4. The number of carbonyl (C=O) groups is 1. The molecule has 6 nitrogen and oxygen atoms in total. The van der Waals surface area contributed by atoms with Gasteiger partial charge in [0.25, 0.3) is 5.91 Å². The molecular weight excluding hydrogens is 328 g/mol. The summed E-state index contributed by atoms with van der Waals surface area (Å²) in [7, 11) is 0. The Kier molecular flexibility index (Phi) is 5.02. The highest BCUT2D eigenvalue weighted by Crippen LogP contribution is 2.23. The summed E-state index contributed by atoms with van der Waals surface area (Å²) in [5.74, 6) is 1.05. The molecule has 26 heavy (non-hydrogen) atoms. The lowest BCUT2D eigenvalue weighted by Crippen LogP contribution is -2.36. The van der Waals surface area contributed by atoms with Crippen molar-refractivity contribution in [2.24, 2.45) is 0 Å². The molecule has 136 valence electrons. The Hall–Kier alpha value is -2.76. The maximum atomic E-state index is 13.4. The minimum Gasteiger partial charge on any atom is -0.337 e. The lowest BCUT2D eigenvalue weighted by atomic mass is 10.0. The number of aryl methyl sites for hydroxylation is 3. The van der Waals surface area contributed by atoms with E-state index in [0.29, 0.717) is 23.7 Å². The molecule has 0 aliphatic heterocycles. The van der Waals surface area contributed by atoms with E-state index in [1.165, 1.54) is 0 Å². The summed E-state index contributed by atoms with van der Waals surface area (Å²) in [4.78, 5) is 24.0. The average Bonchev–Trinajstić information content (AvgIpc) is 3.06. The van der Waals surface area contributed by atoms with E-state index in [1.54, 1.807) is 4.90 Å². The average molecular weight is 352 g/mol. The van der Waals surface area contributed by atoms with Gasteiger partial charge in [-0.25, -0.2) is 0 Å². The van der Waals surface area contributed by atoms with Crippen molar-refractivity contribution in [3.63, 3.8) is 0 Å². The Morgan fingerprint density at radius 3 is 2.62 bits per heavy atom. The number of fused-ring (bicyclic) bond motifs is 1. The fourth-order valence-electron chi connectivity index (χ4n) is 2.94. The van der Waals surface area contributed by atoms with Gasteiger partial charge in [0.05, 0.1) is 11.1 Å². The van der Waals surface area contributed by atoms with Crippen molar-refractivity contribution in [1.82, 2.24) is 20.0 Å². The monoisotopic (exact) mass is 352 g/mol. The molecule has 0 aliphatic carbocycles. The van der Waals surface area contributed by atoms with E-state index in [4.69, 9.17) is 4.52 Å². The number of rotatable bonds is 5. The van der Waals surface area contributed by atoms with Crippen LogP contribution < -0.4 is 0 Å². The number of aromatic nitrogens is 3. The van der Waals surface area contributed by atoms with E-state index >= 15 is 0 Å². The number of hydrogen-bond acceptors (Lipinski definition) is 5. The molecule has 0 atom stereocenters. The molecule has 0 fully saturated rings. The number of carbonyl (C=O) groups excluding carboxylic acids is 1. The molecule has 3 rings (SSSR count). The zero-order chi connectivity index (χ0) is 18.8. The van der Waals surface area contributed by atoms with Gasteiger partial charge in [0.15, 0.2) is 5.82 Å². The van der Waals surface area contributed by atoms with E-state index in [9.17, 15) is 4.79 Å². The SMILES string of the molecule is CCc1noc(CN(C(=O)c2cc(C)nc3ccc(C)cc23)C(C)C)n1. The van der Waals surface area contributed by atoms with Gasteiger partial charge in [-0.2, -0.15) is 4.98 Å². The molecule has 2 heterocycles. The van der Waals surface area contributed by atoms with Crippen molar-refractivity contribution in [3.8, 4) is 0 Å². The number of pyridine rings is 1. The van der Waals surface area contributed by atoms with Gasteiger partial charge in [-0.05, 0) is 45.9 Å². The highest BCUT2D eigenvalue weighted by Gasteiger charge is 2.24. The summed E-state index contributed by atoms with van der Waals surface area (Å²) in [6.45, 7) is 10.1. The summed E-state index contributed by atoms with van der Waals surface area (Å²) >= 11 is 0. The van der Waals surface area contributed by atoms with Gasteiger partial charge in [-0.3, -0.25) is 9.78 Å². The predicted octanol–water partition coefficient (Wildman–Crippen LogP) is 3.85. The van der Waals surface area contributed by atoms with E-state index in [2.05, 4.69) is 15.1 Å². The number of amides is 1. The molecular formula is C20H24N4O2. The van der Waals surface area contributed by atoms with Crippen LogP contribution in [-0.2, 0) is 13.0 Å². The largest absolute Gasteiger partial charge is 0.337 e. The van der Waals surface area contributed by atoms with E-state index in [-0.39, 0.29) is 18.5 Å². The maximum Gasteiger partial charge on any atom is 0.255 e. The number of benzene rings is 1. The van der Waals surface area contributed by atoms with Gasteiger partial charge < -0.3 is 9.42 Å². The van der Waals surface area contributed by atoms with Crippen molar-refractivity contribution < 1.29 is 9.32 Å². The minimum atomic E-state index is -0.0580. The molecule has 0 saturated heterocycles. The first-order valence-corrected chi connectivity index (χ1v) is 8.89. The second kappa shape index (κ2) is 7.23. The topological polar surface area (TPSA) is 72.1 Å². The Balaban J connectivity index is 2.01. The lowest BCUT2D eigenvalue weighted by Gasteiger charge is -2.26. The molecule has 2 aromatic heterocycles. The molecule has 1 aromatic carbocycles. The molecule has 0 spiro atoms. The normalized spacial score (nSPS) is 11.3. The Morgan fingerprint density at radius 2 is 1.96 bits per heavy atom. The molecule has 0 unspecified atom stereocenters. The number of nitrogens with zero attached hydrogens (tertiary/aromatic N) is 4. The smallest absolute Gasteiger partial charge is 0.255 e. The predicted molar refractivity (Wildman–Crippen MR) is 99.9 cm³/mol. The van der Waals surface area contributed by atoms with Crippen molar-refractivity contribution in [2.75, 3.05) is 0 Å². The fourth-order valence-corrected chi connectivity index (χ4v) is 2.94. The lowest BCUT2D eigenvalue weighted by molar-refractivity contribution is 0.0669. The van der Waals surface area contributed by atoms with Crippen LogP contribution in [0.3, 0.4) is 0 Å². The summed E-state index contributed by atoms with van der Waals surface area (Å²) in [5.41, 5.74) is 3.39. The highest BCUT2D eigenvalue weighted by molar-refractivity contribution is 6.06. The fraction of sp³-hybridized carbons (Fsp3) is 0.400. The van der Waals surface area contributed by atoms with Gasteiger partial charge in [0.1, 0.15) is 6.54 Å². The van der Waals surface area contributed by atoms with Crippen molar-refractivity contribution in [2.45, 2.75) is 53.6 Å². The van der Waals surface area contributed by atoms with Crippen LogP contribution >= 0.6 is 0 Å². The third-order valence-electron chi connectivity index (χ3n) is 4.34. The molecule has 0 aliphatic rings. The zero-order valence-electron chi connectivity index (χ0n) is 15.9. The summed E-state index contributed by atoms with van der Waals surface area (Å²) in [5, 5.41) is 4.79. The second-order valence-corrected chi connectivity index (χ2v) is 6.82. The van der Waals surface area contributed by atoms with E-state index in [0.717, 1.165) is 22.2 Å². The van der Waals surface area contributed by atoms with Crippen molar-refractivity contribution in [1.29, 1.82) is 0 Å². The first kappa shape index (κ1) is 18.0. The molecule has 6 heteroatoms. The third kappa shape index (κ3) is 3.59. The van der Waals surface area contributed by atoms with Gasteiger partial charge in [-0.15, -0.1) is 0 Å².